The molecule has 0 saturated heterocycles. The van der Waals surface area contributed by atoms with Gasteiger partial charge in [0, 0.05) is 17.6 Å². The van der Waals surface area contributed by atoms with Crippen LogP contribution in [0.5, 0.6) is 11.5 Å². The van der Waals surface area contributed by atoms with Crippen LogP contribution in [0.1, 0.15) is 39.2 Å². The average Bonchev–Trinajstić information content (AvgIpc) is 2.77. The van der Waals surface area contributed by atoms with Gasteiger partial charge >= 0.3 is 0 Å². The van der Waals surface area contributed by atoms with Gasteiger partial charge in [0.1, 0.15) is 17.5 Å². The van der Waals surface area contributed by atoms with Crippen LogP contribution in [0.25, 0.3) is 0 Å². The summed E-state index contributed by atoms with van der Waals surface area (Å²) in [6, 6.07) is 13.7. The number of carbonyl (C=O) groups excluding carboxylic acids is 2. The van der Waals surface area contributed by atoms with E-state index in [2.05, 4.69) is 5.32 Å². The van der Waals surface area contributed by atoms with Crippen molar-refractivity contribution >= 4 is 23.4 Å². The van der Waals surface area contributed by atoms with Crippen LogP contribution >= 0.6 is 11.6 Å². The summed E-state index contributed by atoms with van der Waals surface area (Å²) in [6.07, 6.45) is 1.29. The van der Waals surface area contributed by atoms with Crippen LogP contribution in [0.2, 0.25) is 5.02 Å². The maximum absolute atomic E-state index is 13.2. The van der Waals surface area contributed by atoms with E-state index in [4.69, 9.17) is 21.1 Å². The Bertz CT molecular complexity index is 874. The molecule has 0 spiro atoms. The number of hydrogen-bond acceptors (Lipinski definition) is 4. The van der Waals surface area contributed by atoms with Crippen molar-refractivity contribution < 1.29 is 19.1 Å². The van der Waals surface area contributed by atoms with E-state index < -0.39 is 6.04 Å². The molecular weight excluding hydrogens is 416 g/mol. The second-order valence-corrected chi connectivity index (χ2v) is 7.80. The largest absolute Gasteiger partial charge is 0.497 e. The van der Waals surface area contributed by atoms with Crippen molar-refractivity contribution in [3.8, 4) is 11.5 Å². The van der Waals surface area contributed by atoms with Crippen molar-refractivity contribution in [1.82, 2.24) is 10.2 Å². The lowest BCUT2D eigenvalue weighted by Crippen LogP contribution is -2.51. The van der Waals surface area contributed by atoms with E-state index in [1.807, 2.05) is 45.0 Å². The molecule has 2 rings (SSSR count). The molecule has 0 aliphatic heterocycles. The number of amides is 2. The fourth-order valence-corrected chi connectivity index (χ4v) is 3.29. The predicted molar refractivity (Wildman–Crippen MR) is 122 cm³/mol. The number of rotatable bonds is 11. The predicted octanol–water partition coefficient (Wildman–Crippen LogP) is 4.45. The molecule has 0 saturated carbocycles. The first-order valence-electron chi connectivity index (χ1n) is 10.5. The van der Waals surface area contributed by atoms with E-state index in [0.29, 0.717) is 22.9 Å². The third-order valence-electron chi connectivity index (χ3n) is 5.03. The Hall–Kier alpha value is -2.73. The van der Waals surface area contributed by atoms with Gasteiger partial charge in [0.2, 0.25) is 5.91 Å². The van der Waals surface area contributed by atoms with Crippen molar-refractivity contribution in [2.24, 2.45) is 0 Å². The third kappa shape index (κ3) is 7.47. The first kappa shape index (κ1) is 24.5. The SMILES string of the molecule is CC[C@@H](C)NC(=O)[C@H](CC)N(Cc1cccc(OC)c1)C(=O)COc1cccc(Cl)c1. The monoisotopic (exact) mass is 446 g/mol. The van der Waals surface area contributed by atoms with Gasteiger partial charge in [-0.05, 0) is 55.7 Å². The van der Waals surface area contributed by atoms with Crippen LogP contribution in [0, 0.1) is 0 Å². The van der Waals surface area contributed by atoms with Gasteiger partial charge in [0.25, 0.3) is 5.91 Å². The van der Waals surface area contributed by atoms with Gasteiger partial charge in [-0.2, -0.15) is 0 Å². The second kappa shape index (κ2) is 12.2. The molecule has 1 N–H and O–H groups in total. The number of ether oxygens (including phenoxy) is 2. The molecule has 2 amide bonds. The molecular formula is C24H31ClN2O4. The van der Waals surface area contributed by atoms with E-state index in [1.54, 1.807) is 36.3 Å². The highest BCUT2D eigenvalue weighted by Gasteiger charge is 2.29. The maximum Gasteiger partial charge on any atom is 0.261 e. The molecule has 7 heteroatoms. The molecule has 2 atom stereocenters. The first-order chi connectivity index (χ1) is 14.9. The molecule has 0 aliphatic carbocycles. The summed E-state index contributed by atoms with van der Waals surface area (Å²) in [5.74, 6) is 0.737. The summed E-state index contributed by atoms with van der Waals surface area (Å²) in [7, 11) is 1.59. The molecule has 0 fully saturated rings. The van der Waals surface area contributed by atoms with Crippen LogP contribution in [0.3, 0.4) is 0 Å². The van der Waals surface area contributed by atoms with Gasteiger partial charge in [-0.25, -0.2) is 0 Å². The Morgan fingerprint density at radius 2 is 1.77 bits per heavy atom. The summed E-state index contributed by atoms with van der Waals surface area (Å²) in [5, 5.41) is 3.52. The van der Waals surface area contributed by atoms with Gasteiger partial charge in [-0.15, -0.1) is 0 Å². The topological polar surface area (TPSA) is 67.9 Å². The normalized spacial score (nSPS) is 12.5. The smallest absolute Gasteiger partial charge is 0.261 e. The lowest BCUT2D eigenvalue weighted by molar-refractivity contribution is -0.143. The van der Waals surface area contributed by atoms with Crippen LogP contribution in [0.15, 0.2) is 48.5 Å². The standard InChI is InChI=1S/C24H31ClN2O4/c1-5-17(3)26-24(29)22(6-2)27(15-18-9-7-11-20(13-18)30-4)23(28)16-31-21-12-8-10-19(25)14-21/h7-14,17,22H,5-6,15-16H2,1-4H3,(H,26,29)/t17-,22+/m1/s1. The zero-order chi connectivity index (χ0) is 22.8. The highest BCUT2D eigenvalue weighted by Crippen LogP contribution is 2.20. The lowest BCUT2D eigenvalue weighted by Gasteiger charge is -2.31. The van der Waals surface area contributed by atoms with Gasteiger partial charge in [0.05, 0.1) is 7.11 Å². The van der Waals surface area contributed by atoms with E-state index in [0.717, 1.165) is 12.0 Å². The van der Waals surface area contributed by atoms with Crippen LogP contribution in [-0.2, 0) is 16.1 Å². The Balaban J connectivity index is 2.23. The summed E-state index contributed by atoms with van der Waals surface area (Å²) in [4.78, 5) is 27.7. The molecule has 0 aliphatic rings. The number of nitrogens with zero attached hydrogens (tertiary/aromatic N) is 1. The Kier molecular flexibility index (Phi) is 9.66. The molecule has 0 bridgehead atoms. The molecule has 31 heavy (non-hydrogen) atoms. The van der Waals surface area contributed by atoms with Crippen molar-refractivity contribution in [3.63, 3.8) is 0 Å². The number of halogens is 1. The average molecular weight is 447 g/mol. The lowest BCUT2D eigenvalue weighted by atomic mass is 10.1. The zero-order valence-electron chi connectivity index (χ0n) is 18.6. The van der Waals surface area contributed by atoms with E-state index >= 15 is 0 Å². The summed E-state index contributed by atoms with van der Waals surface area (Å²) in [6.45, 7) is 5.91. The first-order valence-corrected chi connectivity index (χ1v) is 10.9. The molecule has 0 heterocycles. The van der Waals surface area contributed by atoms with Crippen molar-refractivity contribution in [1.29, 1.82) is 0 Å². The van der Waals surface area contributed by atoms with Crippen molar-refractivity contribution in [2.75, 3.05) is 13.7 Å². The molecule has 0 unspecified atom stereocenters. The molecule has 0 aromatic heterocycles. The number of hydrogen-bond donors (Lipinski definition) is 1. The maximum atomic E-state index is 13.2. The summed E-state index contributed by atoms with van der Waals surface area (Å²) >= 11 is 6.00. The van der Waals surface area contributed by atoms with E-state index in [1.165, 1.54) is 0 Å². The number of carbonyl (C=O) groups is 2. The quantitative estimate of drug-likeness (QED) is 0.553. The van der Waals surface area contributed by atoms with Crippen molar-refractivity contribution in [2.45, 2.75) is 52.2 Å². The minimum atomic E-state index is -0.615. The Labute approximate surface area is 189 Å². The highest BCUT2D eigenvalue weighted by molar-refractivity contribution is 6.30. The second-order valence-electron chi connectivity index (χ2n) is 7.36. The number of nitrogens with one attached hydrogen (secondary N) is 1. The van der Waals surface area contributed by atoms with E-state index in [-0.39, 0.29) is 31.0 Å². The highest BCUT2D eigenvalue weighted by atomic mass is 35.5. The fraction of sp³-hybridized carbons (Fsp3) is 0.417. The molecule has 6 nitrogen and oxygen atoms in total. The van der Waals surface area contributed by atoms with Gasteiger partial charge in [-0.1, -0.05) is 43.6 Å². The van der Waals surface area contributed by atoms with Crippen LogP contribution < -0.4 is 14.8 Å². The summed E-state index contributed by atoms with van der Waals surface area (Å²) < 4.78 is 11.0. The van der Waals surface area contributed by atoms with Gasteiger partial charge in [0.15, 0.2) is 6.61 Å². The summed E-state index contributed by atoms with van der Waals surface area (Å²) in [5.41, 5.74) is 0.866. The number of methoxy groups -OCH3 is 1. The van der Waals surface area contributed by atoms with Gasteiger partial charge < -0.3 is 19.7 Å². The zero-order valence-corrected chi connectivity index (χ0v) is 19.3. The molecule has 0 radical (unpaired) electrons. The Morgan fingerprint density at radius 3 is 2.42 bits per heavy atom. The molecule has 168 valence electrons. The molecule has 2 aromatic rings. The van der Waals surface area contributed by atoms with E-state index in [9.17, 15) is 9.59 Å². The third-order valence-corrected chi connectivity index (χ3v) is 5.27. The van der Waals surface area contributed by atoms with Crippen LogP contribution in [0.4, 0.5) is 0 Å². The Morgan fingerprint density at radius 1 is 1.06 bits per heavy atom. The number of benzene rings is 2. The van der Waals surface area contributed by atoms with Crippen molar-refractivity contribution in [3.05, 3.63) is 59.1 Å². The van der Waals surface area contributed by atoms with Gasteiger partial charge in [-0.3, -0.25) is 9.59 Å². The minimum Gasteiger partial charge on any atom is -0.497 e. The van der Waals surface area contributed by atoms with Crippen LogP contribution in [-0.4, -0.2) is 42.5 Å². The minimum absolute atomic E-state index is 0.0260. The fourth-order valence-electron chi connectivity index (χ4n) is 3.11. The molecule has 2 aromatic carbocycles.